The van der Waals surface area contributed by atoms with Crippen molar-refractivity contribution in [3.05, 3.63) is 48.7 Å². The van der Waals surface area contributed by atoms with Gasteiger partial charge in [0.2, 0.25) is 5.82 Å². The molecule has 0 saturated heterocycles. The van der Waals surface area contributed by atoms with Gasteiger partial charge in [-0.25, -0.2) is 0 Å². The van der Waals surface area contributed by atoms with E-state index in [0.29, 0.717) is 28.6 Å². The first-order valence-electron chi connectivity index (χ1n) is 7.37. The average Bonchev–Trinajstić information content (AvgIpc) is 3.29. The summed E-state index contributed by atoms with van der Waals surface area (Å²) < 4.78 is 11.9. The zero-order valence-corrected chi connectivity index (χ0v) is 13.2. The lowest BCUT2D eigenvalue weighted by Crippen LogP contribution is -2.02. The summed E-state index contributed by atoms with van der Waals surface area (Å²) in [6, 6.07) is 12.7. The Labute approximate surface area is 142 Å². The number of anilines is 1. The van der Waals surface area contributed by atoms with Crippen LogP contribution in [0.25, 0.3) is 28.8 Å². The predicted octanol–water partition coefficient (Wildman–Crippen LogP) is 1.97. The number of pyridine rings is 1. The molecule has 4 rings (SSSR count). The summed E-state index contributed by atoms with van der Waals surface area (Å²) in [5.74, 6) is 1.49. The summed E-state index contributed by atoms with van der Waals surface area (Å²) in [5, 5.41) is 12.0. The molecule has 9 nitrogen and oxygen atoms in total. The van der Waals surface area contributed by atoms with Gasteiger partial charge in [-0.1, -0.05) is 22.5 Å². The summed E-state index contributed by atoms with van der Waals surface area (Å²) in [6.45, 7) is 0. The predicted molar refractivity (Wildman–Crippen MR) is 88.8 cm³/mol. The van der Waals surface area contributed by atoms with Crippen molar-refractivity contribution in [2.45, 2.75) is 0 Å². The van der Waals surface area contributed by atoms with Gasteiger partial charge in [0.25, 0.3) is 5.89 Å². The number of ether oxygens (including phenoxy) is 1. The maximum atomic E-state index is 6.16. The fourth-order valence-corrected chi connectivity index (χ4v) is 2.29. The third-order valence-electron chi connectivity index (χ3n) is 3.53. The monoisotopic (exact) mass is 335 g/mol. The highest BCUT2D eigenvalue weighted by Gasteiger charge is 2.20. The quantitative estimate of drug-likeness (QED) is 0.601. The van der Waals surface area contributed by atoms with Crippen molar-refractivity contribution in [3.63, 3.8) is 0 Å². The zero-order valence-electron chi connectivity index (χ0n) is 13.2. The summed E-state index contributed by atoms with van der Waals surface area (Å²) in [5.41, 5.74) is 7.77. The fourth-order valence-electron chi connectivity index (χ4n) is 2.29. The van der Waals surface area contributed by atoms with Crippen LogP contribution in [0.4, 0.5) is 5.82 Å². The molecule has 0 aliphatic carbocycles. The Kier molecular flexibility index (Phi) is 3.58. The van der Waals surface area contributed by atoms with E-state index in [0.717, 1.165) is 0 Å². The Morgan fingerprint density at radius 1 is 1.16 bits per heavy atom. The highest BCUT2D eigenvalue weighted by Crippen LogP contribution is 2.26. The maximum Gasteiger partial charge on any atom is 0.282 e. The molecule has 0 unspecified atom stereocenters. The van der Waals surface area contributed by atoms with E-state index >= 15 is 0 Å². The molecule has 0 aliphatic rings. The molecular formula is C16H13N7O2. The standard InChI is InChI=1S/C16H13N7O2/c1-24-11-6-4-5-10(9-11)23-14(17)13(20-22-23)16-19-15(21-25-16)12-7-2-3-8-18-12/h2-9H,17H2,1H3. The van der Waals surface area contributed by atoms with Crippen LogP contribution in [0.3, 0.4) is 0 Å². The van der Waals surface area contributed by atoms with Crippen molar-refractivity contribution in [2.24, 2.45) is 0 Å². The van der Waals surface area contributed by atoms with Gasteiger partial charge in [-0.15, -0.1) is 5.10 Å². The number of hydrogen-bond donors (Lipinski definition) is 1. The van der Waals surface area contributed by atoms with Crippen LogP contribution < -0.4 is 10.5 Å². The van der Waals surface area contributed by atoms with Crippen LogP contribution in [0.2, 0.25) is 0 Å². The largest absolute Gasteiger partial charge is 0.497 e. The molecule has 1 aromatic carbocycles. The minimum atomic E-state index is 0.173. The van der Waals surface area contributed by atoms with Crippen LogP contribution in [0.5, 0.6) is 5.75 Å². The molecule has 25 heavy (non-hydrogen) atoms. The van der Waals surface area contributed by atoms with Crippen LogP contribution in [-0.2, 0) is 0 Å². The molecule has 0 fully saturated rings. The van der Waals surface area contributed by atoms with Crippen molar-refractivity contribution >= 4 is 5.82 Å². The van der Waals surface area contributed by atoms with E-state index in [4.69, 9.17) is 15.0 Å². The molecule has 0 saturated carbocycles. The van der Waals surface area contributed by atoms with E-state index < -0.39 is 0 Å². The minimum Gasteiger partial charge on any atom is -0.497 e. The van der Waals surface area contributed by atoms with Crippen LogP contribution in [0, 0.1) is 0 Å². The zero-order chi connectivity index (χ0) is 17.2. The number of nitrogens with zero attached hydrogens (tertiary/aromatic N) is 6. The Bertz CT molecular complexity index is 1010. The van der Waals surface area contributed by atoms with Crippen LogP contribution in [-0.4, -0.2) is 37.2 Å². The molecule has 0 bridgehead atoms. The van der Waals surface area contributed by atoms with Crippen LogP contribution >= 0.6 is 0 Å². The number of benzene rings is 1. The highest BCUT2D eigenvalue weighted by molar-refractivity contribution is 5.65. The van der Waals surface area contributed by atoms with E-state index in [2.05, 4.69) is 25.4 Å². The number of nitrogen functional groups attached to an aromatic ring is 1. The Morgan fingerprint density at radius 2 is 2.08 bits per heavy atom. The topological polar surface area (TPSA) is 118 Å². The number of nitrogens with two attached hydrogens (primary N) is 1. The van der Waals surface area contributed by atoms with Crippen molar-refractivity contribution in [1.82, 2.24) is 30.1 Å². The van der Waals surface area contributed by atoms with Crippen molar-refractivity contribution in [1.29, 1.82) is 0 Å². The first-order chi connectivity index (χ1) is 12.3. The summed E-state index contributed by atoms with van der Waals surface area (Å²) in [7, 11) is 1.59. The van der Waals surface area contributed by atoms with E-state index in [1.54, 1.807) is 25.4 Å². The minimum absolute atomic E-state index is 0.173. The van der Waals surface area contributed by atoms with Gasteiger partial charge in [0.15, 0.2) is 11.5 Å². The Morgan fingerprint density at radius 3 is 2.88 bits per heavy atom. The van der Waals surface area contributed by atoms with Crippen LogP contribution in [0.15, 0.2) is 53.2 Å². The molecular weight excluding hydrogens is 322 g/mol. The second kappa shape index (κ2) is 6.04. The maximum absolute atomic E-state index is 6.16. The first kappa shape index (κ1) is 14.8. The van der Waals surface area contributed by atoms with Crippen molar-refractivity contribution < 1.29 is 9.26 Å². The van der Waals surface area contributed by atoms with Gasteiger partial charge in [-0.2, -0.15) is 9.67 Å². The second-order valence-corrected chi connectivity index (χ2v) is 5.07. The molecule has 4 aromatic rings. The molecule has 124 valence electrons. The average molecular weight is 335 g/mol. The molecule has 0 spiro atoms. The molecule has 0 aliphatic heterocycles. The van der Waals surface area contributed by atoms with E-state index in [1.165, 1.54) is 4.68 Å². The van der Waals surface area contributed by atoms with Gasteiger partial charge in [-0.05, 0) is 24.3 Å². The van der Waals surface area contributed by atoms with Gasteiger partial charge in [0, 0.05) is 12.3 Å². The smallest absolute Gasteiger partial charge is 0.282 e. The first-order valence-corrected chi connectivity index (χ1v) is 7.37. The Balaban J connectivity index is 1.71. The summed E-state index contributed by atoms with van der Waals surface area (Å²) in [4.78, 5) is 8.47. The third kappa shape index (κ3) is 2.67. The molecule has 9 heteroatoms. The van der Waals surface area contributed by atoms with E-state index in [9.17, 15) is 0 Å². The molecule has 3 heterocycles. The van der Waals surface area contributed by atoms with Gasteiger partial charge in [0.1, 0.15) is 11.4 Å². The summed E-state index contributed by atoms with van der Waals surface area (Å²) >= 11 is 0. The molecule has 0 radical (unpaired) electrons. The van der Waals surface area contributed by atoms with Gasteiger partial charge < -0.3 is 15.0 Å². The fraction of sp³-hybridized carbons (Fsp3) is 0.0625. The molecule has 0 atom stereocenters. The van der Waals surface area contributed by atoms with Crippen molar-refractivity contribution in [2.75, 3.05) is 12.8 Å². The van der Waals surface area contributed by atoms with E-state index in [1.807, 2.05) is 30.3 Å². The second-order valence-electron chi connectivity index (χ2n) is 5.07. The molecule has 0 amide bonds. The molecule has 3 aromatic heterocycles. The number of rotatable bonds is 4. The van der Waals surface area contributed by atoms with Gasteiger partial charge >= 0.3 is 0 Å². The number of aromatic nitrogens is 6. The van der Waals surface area contributed by atoms with Gasteiger partial charge in [-0.3, -0.25) is 4.98 Å². The molecule has 2 N–H and O–H groups in total. The number of methoxy groups -OCH3 is 1. The van der Waals surface area contributed by atoms with Crippen molar-refractivity contribution in [3.8, 4) is 34.5 Å². The SMILES string of the molecule is COc1cccc(-n2nnc(-c3nc(-c4ccccn4)no3)c2N)c1. The lowest BCUT2D eigenvalue weighted by Gasteiger charge is -2.05. The lowest BCUT2D eigenvalue weighted by atomic mass is 10.3. The Hall–Kier alpha value is -3.75. The summed E-state index contributed by atoms with van der Waals surface area (Å²) in [6.07, 6.45) is 1.65. The van der Waals surface area contributed by atoms with E-state index in [-0.39, 0.29) is 11.7 Å². The third-order valence-corrected chi connectivity index (χ3v) is 3.53. The normalized spacial score (nSPS) is 10.8. The lowest BCUT2D eigenvalue weighted by molar-refractivity contribution is 0.414. The number of hydrogen-bond acceptors (Lipinski definition) is 8. The highest BCUT2D eigenvalue weighted by atomic mass is 16.5. The van der Waals surface area contributed by atoms with Crippen LogP contribution in [0.1, 0.15) is 0 Å². The van der Waals surface area contributed by atoms with Gasteiger partial charge in [0.05, 0.1) is 12.8 Å².